The van der Waals surface area contributed by atoms with Crippen LogP contribution < -0.4 is 10.6 Å². The summed E-state index contributed by atoms with van der Waals surface area (Å²) in [6, 6.07) is 0.248. The summed E-state index contributed by atoms with van der Waals surface area (Å²) in [4.78, 5) is 17.4. The fraction of sp³-hybridized carbons (Fsp3) is 0.867. The minimum atomic E-state index is -3.21. The van der Waals surface area contributed by atoms with Crippen LogP contribution >= 0.6 is 11.8 Å². The lowest BCUT2D eigenvalue weighted by Gasteiger charge is -2.32. The van der Waals surface area contributed by atoms with E-state index in [1.165, 1.54) is 0 Å². The molecule has 25 heavy (non-hydrogen) atoms. The number of sulfonamides is 1. The van der Waals surface area contributed by atoms with E-state index in [1.807, 2.05) is 4.90 Å². The Labute approximate surface area is 154 Å². The van der Waals surface area contributed by atoms with Crippen LogP contribution in [0.4, 0.5) is 0 Å². The third kappa shape index (κ3) is 6.34. The van der Waals surface area contributed by atoms with E-state index in [0.717, 1.165) is 37.4 Å². The molecule has 0 bridgehead atoms. The summed E-state index contributed by atoms with van der Waals surface area (Å²) in [7, 11) is -1.53. The summed E-state index contributed by atoms with van der Waals surface area (Å²) < 4.78 is 26.2. The normalized spacial score (nSPS) is 21.2. The van der Waals surface area contributed by atoms with E-state index in [1.54, 1.807) is 30.0 Å². The number of amides is 1. The van der Waals surface area contributed by atoms with Gasteiger partial charge in [0, 0.05) is 64.2 Å². The van der Waals surface area contributed by atoms with Crippen molar-refractivity contribution in [2.45, 2.75) is 25.8 Å². The van der Waals surface area contributed by atoms with E-state index in [9.17, 15) is 13.2 Å². The highest BCUT2D eigenvalue weighted by Crippen LogP contribution is 2.13. The minimum Gasteiger partial charge on any atom is -0.355 e. The highest BCUT2D eigenvalue weighted by atomic mass is 32.2. The van der Waals surface area contributed by atoms with Crippen molar-refractivity contribution in [3.63, 3.8) is 0 Å². The predicted octanol–water partition coefficient (Wildman–Crippen LogP) is -0.459. The molecule has 8 nitrogen and oxygen atoms in total. The molecule has 2 saturated heterocycles. The van der Waals surface area contributed by atoms with E-state index < -0.39 is 10.0 Å². The molecule has 2 N–H and O–H groups in total. The second-order valence-electron chi connectivity index (χ2n) is 6.25. The summed E-state index contributed by atoms with van der Waals surface area (Å²) in [5.74, 6) is 2.54. The average molecular weight is 392 g/mol. The Balaban J connectivity index is 1.72. The molecule has 2 fully saturated rings. The van der Waals surface area contributed by atoms with Gasteiger partial charge in [0.1, 0.15) is 0 Å². The van der Waals surface area contributed by atoms with Crippen molar-refractivity contribution in [2.24, 2.45) is 4.99 Å². The molecule has 0 aliphatic carbocycles. The van der Waals surface area contributed by atoms with Crippen LogP contribution in [0.1, 0.15) is 19.8 Å². The molecule has 2 heterocycles. The topological polar surface area (TPSA) is 94.1 Å². The molecule has 2 aliphatic rings. The van der Waals surface area contributed by atoms with Crippen molar-refractivity contribution in [3.05, 3.63) is 0 Å². The SMILES string of the molecule is CN=C(NCCS(=O)(=O)N1CCSCC1)NC1CCN(C(C)=O)CC1. The summed E-state index contributed by atoms with van der Waals surface area (Å²) in [5, 5.41) is 6.41. The van der Waals surface area contributed by atoms with Crippen molar-refractivity contribution in [1.29, 1.82) is 0 Å². The molecule has 0 aromatic rings. The monoisotopic (exact) mass is 391 g/mol. The molecule has 0 atom stereocenters. The smallest absolute Gasteiger partial charge is 0.219 e. The predicted molar refractivity (Wildman–Crippen MR) is 102 cm³/mol. The molecule has 0 aromatic carbocycles. The summed E-state index contributed by atoms with van der Waals surface area (Å²) in [6.07, 6.45) is 1.73. The molecule has 0 radical (unpaired) electrons. The first-order valence-electron chi connectivity index (χ1n) is 8.70. The Bertz CT molecular complexity index is 568. The number of piperidine rings is 1. The molecule has 144 valence electrons. The van der Waals surface area contributed by atoms with Gasteiger partial charge in [0.05, 0.1) is 5.75 Å². The van der Waals surface area contributed by atoms with E-state index in [0.29, 0.717) is 25.6 Å². The van der Waals surface area contributed by atoms with Gasteiger partial charge in [-0.2, -0.15) is 11.8 Å². The number of carbonyl (C=O) groups excluding carboxylic acids is 1. The number of carbonyl (C=O) groups is 1. The standard InChI is InChI=1S/C15H29N5O3S2/c1-13(21)19-6-3-14(4-7-19)18-15(16-2)17-5-12-25(22,23)20-8-10-24-11-9-20/h14H,3-12H2,1-2H3,(H2,16,17,18). The van der Waals surface area contributed by atoms with Crippen molar-refractivity contribution >= 4 is 33.7 Å². The Morgan fingerprint density at radius 3 is 2.40 bits per heavy atom. The first-order valence-corrected chi connectivity index (χ1v) is 11.5. The second-order valence-corrected chi connectivity index (χ2v) is 9.56. The van der Waals surface area contributed by atoms with Gasteiger partial charge in [0.2, 0.25) is 15.9 Å². The first-order chi connectivity index (χ1) is 11.9. The molecule has 0 aromatic heterocycles. The number of nitrogens with one attached hydrogen (secondary N) is 2. The number of guanidine groups is 1. The molecule has 10 heteroatoms. The van der Waals surface area contributed by atoms with Crippen molar-refractivity contribution in [1.82, 2.24) is 19.8 Å². The average Bonchev–Trinajstić information content (AvgIpc) is 2.62. The summed E-state index contributed by atoms with van der Waals surface area (Å²) in [6.45, 7) is 4.62. The molecule has 0 spiro atoms. The molecule has 1 amide bonds. The van der Waals surface area contributed by atoms with Gasteiger partial charge in [-0.3, -0.25) is 9.79 Å². The highest BCUT2D eigenvalue weighted by Gasteiger charge is 2.24. The number of aliphatic imine (C=N–C) groups is 1. The number of nitrogens with zero attached hydrogens (tertiary/aromatic N) is 3. The van der Waals surface area contributed by atoms with Crippen LogP contribution in [0.5, 0.6) is 0 Å². The highest BCUT2D eigenvalue weighted by molar-refractivity contribution is 7.99. The van der Waals surface area contributed by atoms with Crippen LogP contribution in [-0.4, -0.2) is 92.6 Å². The second kappa shape index (κ2) is 9.63. The van der Waals surface area contributed by atoms with Crippen LogP contribution in [0.3, 0.4) is 0 Å². The third-order valence-electron chi connectivity index (χ3n) is 4.52. The maximum Gasteiger partial charge on any atom is 0.219 e. The molecule has 0 unspecified atom stereocenters. The van der Waals surface area contributed by atoms with Gasteiger partial charge in [-0.25, -0.2) is 12.7 Å². The van der Waals surface area contributed by atoms with Gasteiger partial charge in [-0.1, -0.05) is 0 Å². The maximum atomic E-state index is 12.3. The van der Waals surface area contributed by atoms with Crippen LogP contribution in [0, 0.1) is 0 Å². The number of thioether (sulfide) groups is 1. The van der Waals surface area contributed by atoms with E-state index in [-0.39, 0.29) is 17.7 Å². The van der Waals surface area contributed by atoms with Gasteiger partial charge in [-0.15, -0.1) is 0 Å². The first kappa shape index (κ1) is 20.3. The fourth-order valence-corrected chi connectivity index (χ4v) is 5.47. The molecule has 2 rings (SSSR count). The largest absolute Gasteiger partial charge is 0.355 e. The third-order valence-corrected chi connectivity index (χ3v) is 7.34. The van der Waals surface area contributed by atoms with E-state index in [2.05, 4.69) is 15.6 Å². The Hall–Kier alpha value is -1.00. The number of rotatable bonds is 5. The Morgan fingerprint density at radius 2 is 1.84 bits per heavy atom. The van der Waals surface area contributed by atoms with Gasteiger partial charge < -0.3 is 15.5 Å². The quantitative estimate of drug-likeness (QED) is 0.487. The summed E-state index contributed by atoms with van der Waals surface area (Å²) >= 11 is 1.79. The molecule has 0 saturated carbocycles. The van der Waals surface area contributed by atoms with Crippen molar-refractivity contribution in [3.8, 4) is 0 Å². The van der Waals surface area contributed by atoms with Gasteiger partial charge >= 0.3 is 0 Å². The lowest BCUT2D eigenvalue weighted by atomic mass is 10.1. The Morgan fingerprint density at radius 1 is 1.20 bits per heavy atom. The lowest BCUT2D eigenvalue weighted by molar-refractivity contribution is -0.129. The van der Waals surface area contributed by atoms with Crippen LogP contribution in [0.15, 0.2) is 4.99 Å². The maximum absolute atomic E-state index is 12.3. The van der Waals surface area contributed by atoms with Gasteiger partial charge in [0.25, 0.3) is 0 Å². The number of likely N-dealkylation sites (tertiary alicyclic amines) is 1. The van der Waals surface area contributed by atoms with Crippen molar-refractivity contribution in [2.75, 3.05) is 57.0 Å². The van der Waals surface area contributed by atoms with E-state index >= 15 is 0 Å². The fourth-order valence-electron chi connectivity index (χ4n) is 2.98. The van der Waals surface area contributed by atoms with Crippen LogP contribution in [0.2, 0.25) is 0 Å². The van der Waals surface area contributed by atoms with E-state index in [4.69, 9.17) is 0 Å². The summed E-state index contributed by atoms with van der Waals surface area (Å²) in [5.41, 5.74) is 0. The van der Waals surface area contributed by atoms with Crippen LogP contribution in [-0.2, 0) is 14.8 Å². The van der Waals surface area contributed by atoms with Gasteiger partial charge in [-0.05, 0) is 12.8 Å². The van der Waals surface area contributed by atoms with Crippen LogP contribution in [0.25, 0.3) is 0 Å². The zero-order valence-electron chi connectivity index (χ0n) is 15.0. The molecule has 2 aliphatic heterocycles. The van der Waals surface area contributed by atoms with Crippen molar-refractivity contribution < 1.29 is 13.2 Å². The molecular weight excluding hydrogens is 362 g/mol. The zero-order chi connectivity index (χ0) is 18.3. The molecular formula is C15H29N5O3S2. The lowest BCUT2D eigenvalue weighted by Crippen LogP contribution is -2.50. The Kier molecular flexibility index (Phi) is 7.82. The van der Waals surface area contributed by atoms with Gasteiger partial charge in [0.15, 0.2) is 5.96 Å². The zero-order valence-corrected chi connectivity index (χ0v) is 16.7. The minimum absolute atomic E-state index is 0.0706. The number of hydrogen-bond acceptors (Lipinski definition) is 5. The number of hydrogen-bond donors (Lipinski definition) is 2.